The molecule has 0 atom stereocenters. The first-order chi connectivity index (χ1) is 19.7. The molecule has 0 unspecified atom stereocenters. The van der Waals surface area contributed by atoms with E-state index >= 15 is 0 Å². The Bertz CT molecular complexity index is 1870. The molecular weight excluding hydrogens is 487 g/mol. The smallest absolute Gasteiger partial charge is 0.260 e. The van der Waals surface area contributed by atoms with Crippen molar-refractivity contribution < 1.29 is 9.47 Å². The topological polar surface area (TPSA) is 18.5 Å². The summed E-state index contributed by atoms with van der Waals surface area (Å²) in [5.41, 5.74) is 11.8. The Balaban J connectivity index is 1.37. The van der Waals surface area contributed by atoms with Crippen LogP contribution in [0.3, 0.4) is 0 Å². The van der Waals surface area contributed by atoms with Crippen LogP contribution in [0, 0.1) is 6.92 Å². The van der Waals surface area contributed by atoms with Crippen LogP contribution in [0.15, 0.2) is 121 Å². The van der Waals surface area contributed by atoms with Gasteiger partial charge in [0.25, 0.3) is 6.71 Å². The van der Waals surface area contributed by atoms with Gasteiger partial charge in [0.1, 0.15) is 23.0 Å². The van der Waals surface area contributed by atoms with Crippen molar-refractivity contribution in [3.8, 4) is 45.3 Å². The van der Waals surface area contributed by atoms with Crippen molar-refractivity contribution in [1.29, 1.82) is 0 Å². The number of rotatable bonds is 3. The van der Waals surface area contributed by atoms with Gasteiger partial charge in [0, 0.05) is 11.0 Å². The number of ether oxygens (including phenoxy) is 2. The largest absolute Gasteiger partial charge is 0.458 e. The third-order valence-electron chi connectivity index (χ3n) is 8.43. The molecule has 40 heavy (non-hydrogen) atoms. The zero-order valence-corrected chi connectivity index (χ0v) is 22.4. The summed E-state index contributed by atoms with van der Waals surface area (Å²) in [5.74, 6) is 3.62. The quantitative estimate of drug-likeness (QED) is 0.224. The molecule has 0 saturated heterocycles. The molecular formula is C37H27BO2. The van der Waals surface area contributed by atoms with Crippen LogP contribution in [-0.4, -0.2) is 6.71 Å². The van der Waals surface area contributed by atoms with E-state index in [4.69, 9.17) is 9.47 Å². The van der Waals surface area contributed by atoms with Gasteiger partial charge in [0.2, 0.25) is 0 Å². The van der Waals surface area contributed by atoms with E-state index in [-0.39, 0.29) is 6.71 Å². The summed E-state index contributed by atoms with van der Waals surface area (Å²) < 4.78 is 13.6. The van der Waals surface area contributed by atoms with Crippen LogP contribution in [-0.2, 0) is 0 Å². The highest BCUT2D eigenvalue weighted by molar-refractivity contribution is 6.98. The first-order valence-electron chi connectivity index (χ1n) is 14.0. The van der Waals surface area contributed by atoms with Crippen LogP contribution >= 0.6 is 0 Å². The van der Waals surface area contributed by atoms with Gasteiger partial charge in [-0.25, -0.2) is 0 Å². The Morgan fingerprint density at radius 1 is 0.625 bits per heavy atom. The number of hydrogen-bond acceptors (Lipinski definition) is 2. The van der Waals surface area contributed by atoms with E-state index in [2.05, 4.69) is 128 Å². The van der Waals surface area contributed by atoms with Crippen molar-refractivity contribution in [2.45, 2.75) is 19.8 Å². The van der Waals surface area contributed by atoms with Crippen LogP contribution < -0.4 is 25.9 Å². The number of fused-ring (bicyclic) bond motifs is 4. The molecule has 1 aliphatic carbocycles. The third-order valence-corrected chi connectivity index (χ3v) is 8.43. The van der Waals surface area contributed by atoms with Crippen LogP contribution in [0.5, 0.6) is 23.0 Å². The molecule has 0 saturated carbocycles. The summed E-state index contributed by atoms with van der Waals surface area (Å²) in [7, 11) is 0. The Morgan fingerprint density at radius 3 is 2.23 bits per heavy atom. The van der Waals surface area contributed by atoms with Crippen molar-refractivity contribution in [2.75, 3.05) is 0 Å². The first-order valence-corrected chi connectivity index (χ1v) is 14.0. The lowest BCUT2D eigenvalue weighted by Crippen LogP contribution is -2.57. The van der Waals surface area contributed by atoms with Crippen LogP contribution in [0.4, 0.5) is 0 Å². The molecule has 2 heterocycles. The fourth-order valence-electron chi connectivity index (χ4n) is 6.46. The lowest BCUT2D eigenvalue weighted by molar-refractivity contribution is 0.464. The summed E-state index contributed by atoms with van der Waals surface area (Å²) in [6.07, 6.45) is 8.70. The number of allylic oxidation sites excluding steroid dienone is 4. The minimum atomic E-state index is 0.0351. The highest BCUT2D eigenvalue weighted by Crippen LogP contribution is 2.42. The minimum absolute atomic E-state index is 0.0351. The second kappa shape index (κ2) is 9.17. The molecule has 0 radical (unpaired) electrons. The third kappa shape index (κ3) is 3.66. The van der Waals surface area contributed by atoms with Crippen LogP contribution in [0.1, 0.15) is 24.0 Å². The number of aryl methyl sites for hydroxylation is 1. The number of hydrogen-bond donors (Lipinski definition) is 0. The molecule has 0 aromatic heterocycles. The molecule has 0 fully saturated rings. The lowest BCUT2D eigenvalue weighted by atomic mass is 9.34. The van der Waals surface area contributed by atoms with Crippen LogP contribution in [0.2, 0.25) is 0 Å². The zero-order chi connectivity index (χ0) is 26.6. The molecule has 0 bridgehead atoms. The monoisotopic (exact) mass is 514 g/mol. The fourth-order valence-corrected chi connectivity index (χ4v) is 6.46. The molecule has 5 aromatic rings. The average molecular weight is 514 g/mol. The Hall–Kier alpha value is -4.76. The van der Waals surface area contributed by atoms with E-state index in [9.17, 15) is 0 Å². The molecule has 3 heteroatoms. The van der Waals surface area contributed by atoms with Gasteiger partial charge in [-0.3, -0.25) is 0 Å². The lowest BCUT2D eigenvalue weighted by Gasteiger charge is -2.34. The van der Waals surface area contributed by atoms with Crippen molar-refractivity contribution in [3.05, 3.63) is 132 Å². The van der Waals surface area contributed by atoms with E-state index in [1.807, 2.05) is 0 Å². The molecule has 5 aromatic carbocycles. The van der Waals surface area contributed by atoms with Gasteiger partial charge >= 0.3 is 0 Å². The molecule has 2 aliphatic heterocycles. The highest BCUT2D eigenvalue weighted by Gasteiger charge is 2.41. The number of benzene rings is 5. The van der Waals surface area contributed by atoms with Gasteiger partial charge in [-0.05, 0) is 82.3 Å². The maximum atomic E-state index is 6.87. The fraction of sp³-hybridized carbons (Fsp3) is 0.0811. The van der Waals surface area contributed by atoms with Gasteiger partial charge in [-0.1, -0.05) is 103 Å². The van der Waals surface area contributed by atoms with Gasteiger partial charge in [0.05, 0.1) is 0 Å². The molecule has 8 rings (SSSR count). The summed E-state index contributed by atoms with van der Waals surface area (Å²) >= 11 is 0. The minimum Gasteiger partial charge on any atom is -0.458 e. The normalized spacial score (nSPS) is 14.3. The van der Waals surface area contributed by atoms with Crippen molar-refractivity contribution in [2.24, 2.45) is 0 Å². The van der Waals surface area contributed by atoms with E-state index in [1.54, 1.807) is 0 Å². The summed E-state index contributed by atoms with van der Waals surface area (Å²) in [5, 5.41) is 0. The standard InChI is InChI=1S/C37H27BO2/c1-24-11-8-9-16-29(24)28-22-34-36-35(23-28)40-37-30(26-14-6-3-7-15-26)17-10-18-32(37)38(36)31-20-19-27(21-33(31)39-34)25-12-4-2-5-13-25/h2-6,8-14,16-23H,7,15H2,1H3. The molecule has 2 nitrogen and oxygen atoms in total. The molecule has 0 N–H and O–H groups in total. The predicted molar refractivity (Wildman–Crippen MR) is 166 cm³/mol. The van der Waals surface area contributed by atoms with Gasteiger partial charge in [-0.15, -0.1) is 0 Å². The van der Waals surface area contributed by atoms with Crippen molar-refractivity contribution >= 4 is 28.7 Å². The summed E-state index contributed by atoms with van der Waals surface area (Å²) in [6.45, 7) is 2.19. The molecule has 190 valence electrons. The second-order valence-corrected chi connectivity index (χ2v) is 10.8. The maximum Gasteiger partial charge on any atom is 0.260 e. The van der Waals surface area contributed by atoms with E-state index in [0.29, 0.717) is 0 Å². The van der Waals surface area contributed by atoms with Gasteiger partial charge < -0.3 is 9.47 Å². The predicted octanol–water partition coefficient (Wildman–Crippen LogP) is 7.79. The average Bonchev–Trinajstić information content (AvgIpc) is 3.01. The molecule has 0 spiro atoms. The Labute approximate surface area is 235 Å². The van der Waals surface area contributed by atoms with E-state index < -0.39 is 0 Å². The first kappa shape index (κ1) is 23.2. The molecule has 0 amide bonds. The van der Waals surface area contributed by atoms with Crippen molar-refractivity contribution in [1.82, 2.24) is 0 Å². The highest BCUT2D eigenvalue weighted by atomic mass is 16.5. The maximum absolute atomic E-state index is 6.87. The van der Waals surface area contributed by atoms with Gasteiger partial charge in [-0.2, -0.15) is 0 Å². The summed E-state index contributed by atoms with van der Waals surface area (Å²) in [6, 6.07) is 36.7. The zero-order valence-electron chi connectivity index (χ0n) is 22.4. The Kier molecular flexibility index (Phi) is 5.31. The van der Waals surface area contributed by atoms with Crippen molar-refractivity contribution in [3.63, 3.8) is 0 Å². The van der Waals surface area contributed by atoms with E-state index in [1.165, 1.54) is 38.8 Å². The Morgan fingerprint density at radius 2 is 1.40 bits per heavy atom. The van der Waals surface area contributed by atoms with E-state index in [0.717, 1.165) is 52.4 Å². The second-order valence-electron chi connectivity index (χ2n) is 10.8. The summed E-state index contributed by atoms with van der Waals surface area (Å²) in [4.78, 5) is 0. The van der Waals surface area contributed by atoms with Crippen LogP contribution in [0.25, 0.3) is 27.8 Å². The SMILES string of the molecule is Cc1ccccc1-c1cc2c3c(c1)Oc1c(cccc1C1=CC=CCC1)B3c1ccc(-c3ccccc3)cc1O2. The number of para-hydroxylation sites is 1. The molecule has 3 aliphatic rings. The van der Waals surface area contributed by atoms with Gasteiger partial charge in [0.15, 0.2) is 0 Å².